The van der Waals surface area contributed by atoms with Crippen molar-refractivity contribution in [2.45, 2.75) is 116 Å². The maximum Gasteiger partial charge on any atom is 0.333 e. The number of ketones is 2. The lowest BCUT2D eigenvalue weighted by molar-refractivity contribution is -0.183. The Kier molecular flexibility index (Phi) is 8.30. The van der Waals surface area contributed by atoms with Crippen molar-refractivity contribution in [1.82, 2.24) is 0 Å². The van der Waals surface area contributed by atoms with Gasteiger partial charge in [0.05, 0.1) is 47.6 Å². The summed E-state index contributed by atoms with van der Waals surface area (Å²) < 4.78 is 33.6. The number of esters is 2. The normalized spacial score (nSPS) is 31.6. The molecule has 9 aliphatic rings. The van der Waals surface area contributed by atoms with Crippen LogP contribution < -0.4 is 14.2 Å². The smallest absolute Gasteiger partial charge is 0.333 e. The zero-order chi connectivity index (χ0) is 42.4. The van der Waals surface area contributed by atoms with Crippen molar-refractivity contribution in [1.29, 1.82) is 0 Å². The molecule has 0 amide bonds. The van der Waals surface area contributed by atoms with Gasteiger partial charge < -0.3 is 23.7 Å². The van der Waals surface area contributed by atoms with E-state index in [0.717, 1.165) is 34.3 Å². The van der Waals surface area contributed by atoms with Crippen molar-refractivity contribution >= 4 is 40.5 Å². The Morgan fingerprint density at radius 1 is 0.917 bits per heavy atom. The molecule has 11 rings (SSSR count). The number of hydrogen-bond acceptors (Lipinski definition) is 10. The molecule has 5 aliphatic heterocycles. The fraction of sp³-hybridized carbons (Fsp3) is 0.460. The van der Waals surface area contributed by atoms with Crippen LogP contribution in [0.2, 0.25) is 0 Å². The largest absolute Gasteiger partial charge is 0.482 e. The molecule has 4 aliphatic carbocycles. The highest BCUT2D eigenvalue weighted by molar-refractivity contribution is 6.31. The second-order valence-electron chi connectivity index (χ2n) is 19.1. The Balaban J connectivity index is 1.32. The van der Waals surface area contributed by atoms with Gasteiger partial charge in [-0.2, -0.15) is 0 Å². The van der Waals surface area contributed by atoms with Crippen LogP contribution in [0.25, 0.3) is 11.3 Å². The SMILES string of the molecule is COC(=O)/C(C)=C\CC12OC(C)(C)C3CC(C1=O)C1C4=C(N=C5c6ccccc6C(=O)C51)c1c(c(CC=C(C)C)c5c6c1OC(=O)CC6=CC(C)(CCC=C(C)C)O5)OC432. The van der Waals surface area contributed by atoms with E-state index in [-0.39, 0.29) is 30.3 Å². The van der Waals surface area contributed by atoms with E-state index in [1.807, 2.05) is 52.0 Å². The highest BCUT2D eigenvalue weighted by Crippen LogP contribution is 2.75. The van der Waals surface area contributed by atoms with Crippen molar-refractivity contribution in [3.05, 3.63) is 98.7 Å². The fourth-order valence-electron chi connectivity index (χ4n) is 12.0. The van der Waals surface area contributed by atoms with E-state index in [4.69, 9.17) is 28.7 Å². The summed E-state index contributed by atoms with van der Waals surface area (Å²) in [6, 6.07) is 7.52. The standard InChI is InChI=1S/C50H51NO9/c1-24(2)13-12-19-48(8)23-27-21-33(52)57-44-34(27)42(58-48)30(17-16-25(3)4)43-37(44)40-38-35(36-39(51-40)28-14-10-11-15-29(28)41(36)53)31-22-32-47(6,7)60-49(45(31)54,50(32,38)59-43)20-18-26(5)46(55)56-9/h10-11,13-16,18,23,31-32,35-36H,12,17,19-22H2,1-9H3/b26-18-. The molecule has 4 fully saturated rings. The Morgan fingerprint density at radius 2 is 1.63 bits per heavy atom. The van der Waals surface area contributed by atoms with E-state index < -0.39 is 52.1 Å². The number of aliphatic imine (C=N–C) groups is 1. The lowest BCUT2D eigenvalue weighted by atomic mass is 9.43. The highest BCUT2D eigenvalue weighted by Gasteiger charge is 2.84. The first kappa shape index (κ1) is 38.8. The predicted octanol–water partition coefficient (Wildman–Crippen LogP) is 8.84. The van der Waals surface area contributed by atoms with Gasteiger partial charge in [0, 0.05) is 52.0 Å². The lowest BCUT2D eigenvalue weighted by Crippen LogP contribution is -2.75. The Hall–Kier alpha value is -5.35. The first-order chi connectivity index (χ1) is 28.5. The van der Waals surface area contributed by atoms with Gasteiger partial charge in [-0.15, -0.1) is 0 Å². The summed E-state index contributed by atoms with van der Waals surface area (Å²) in [6.45, 7) is 16.0. The molecule has 7 unspecified atom stereocenters. The molecule has 10 heteroatoms. The predicted molar refractivity (Wildman–Crippen MR) is 225 cm³/mol. The number of nitrogens with zero attached hydrogens (tertiary/aromatic N) is 1. The van der Waals surface area contributed by atoms with Crippen LogP contribution in [0.5, 0.6) is 17.2 Å². The van der Waals surface area contributed by atoms with Crippen LogP contribution in [0.1, 0.15) is 120 Å². The van der Waals surface area contributed by atoms with E-state index in [2.05, 4.69) is 39.0 Å². The Morgan fingerprint density at radius 3 is 2.35 bits per heavy atom. The molecule has 4 bridgehead atoms. The van der Waals surface area contributed by atoms with Crippen LogP contribution in [0.4, 0.5) is 0 Å². The second kappa shape index (κ2) is 12.8. The molecule has 2 aromatic rings. The average molecular weight is 810 g/mol. The van der Waals surface area contributed by atoms with Crippen molar-refractivity contribution in [2.24, 2.45) is 28.7 Å². The maximum absolute atomic E-state index is 15.7. The van der Waals surface area contributed by atoms with Gasteiger partial charge in [0.15, 0.2) is 28.5 Å². The molecule has 60 heavy (non-hydrogen) atoms. The summed E-state index contributed by atoms with van der Waals surface area (Å²) >= 11 is 0. The number of carbonyl (C=O) groups is 4. The minimum absolute atomic E-state index is 0.0271. The van der Waals surface area contributed by atoms with Crippen LogP contribution in [0.15, 0.2) is 75.9 Å². The van der Waals surface area contributed by atoms with Gasteiger partial charge in [-0.05, 0) is 92.7 Å². The Bertz CT molecular complexity index is 2590. The van der Waals surface area contributed by atoms with Gasteiger partial charge in [0.2, 0.25) is 0 Å². The van der Waals surface area contributed by atoms with Gasteiger partial charge in [0.1, 0.15) is 17.1 Å². The first-order valence-corrected chi connectivity index (χ1v) is 21.2. The van der Waals surface area contributed by atoms with Crippen LogP contribution in [0.3, 0.4) is 0 Å². The summed E-state index contributed by atoms with van der Waals surface area (Å²) in [5.74, 6) is -2.07. The number of ether oxygens (including phenoxy) is 5. The number of fused-ring (bicyclic) bond motifs is 6. The van der Waals surface area contributed by atoms with Gasteiger partial charge in [-0.3, -0.25) is 19.4 Å². The average Bonchev–Trinajstić information content (AvgIpc) is 3.55. The molecular weight excluding hydrogens is 759 g/mol. The third-order valence-corrected chi connectivity index (χ3v) is 14.4. The van der Waals surface area contributed by atoms with Crippen LogP contribution in [-0.4, -0.2) is 58.7 Å². The van der Waals surface area contributed by atoms with E-state index in [1.165, 1.54) is 12.7 Å². The number of carbonyl (C=O) groups excluding carboxylic acids is 4. The number of Topliss-reactive ketones (excluding diaryl/α,β-unsaturated/α-hetero) is 2. The third-order valence-electron chi connectivity index (χ3n) is 14.4. The van der Waals surface area contributed by atoms with Crippen LogP contribution in [0, 0.1) is 23.7 Å². The van der Waals surface area contributed by atoms with Crippen molar-refractivity contribution in [3.8, 4) is 17.2 Å². The van der Waals surface area contributed by atoms with Gasteiger partial charge in [-0.25, -0.2) is 4.79 Å². The second-order valence-corrected chi connectivity index (χ2v) is 19.1. The maximum atomic E-state index is 15.7. The molecule has 0 radical (unpaired) electrons. The molecule has 310 valence electrons. The number of allylic oxidation sites excluding steroid dienone is 4. The molecule has 2 aromatic carbocycles. The summed E-state index contributed by atoms with van der Waals surface area (Å²) in [4.78, 5) is 62.6. The monoisotopic (exact) mass is 809 g/mol. The van der Waals surface area contributed by atoms with Crippen molar-refractivity contribution < 1.29 is 42.9 Å². The van der Waals surface area contributed by atoms with E-state index in [9.17, 15) is 14.4 Å². The number of methoxy groups -OCH3 is 1. The first-order valence-electron chi connectivity index (χ1n) is 21.2. The zero-order valence-electron chi connectivity index (χ0n) is 35.8. The minimum Gasteiger partial charge on any atom is -0.482 e. The molecule has 3 saturated carbocycles. The molecular formula is C50H51NO9. The highest BCUT2D eigenvalue weighted by atomic mass is 16.6. The van der Waals surface area contributed by atoms with Gasteiger partial charge >= 0.3 is 11.9 Å². The van der Waals surface area contributed by atoms with Crippen LogP contribution in [-0.2, 0) is 30.3 Å². The number of hydrogen-bond donors (Lipinski definition) is 0. The summed E-state index contributed by atoms with van der Waals surface area (Å²) in [5.41, 5.74) is 4.01. The van der Waals surface area contributed by atoms with Gasteiger partial charge in [-0.1, -0.05) is 53.6 Å². The lowest BCUT2D eigenvalue weighted by Gasteiger charge is -2.62. The third kappa shape index (κ3) is 5.00. The minimum atomic E-state index is -1.60. The number of benzene rings is 2. The molecule has 0 N–H and O–H groups in total. The molecule has 5 heterocycles. The van der Waals surface area contributed by atoms with E-state index in [1.54, 1.807) is 13.0 Å². The fourth-order valence-corrected chi connectivity index (χ4v) is 12.0. The van der Waals surface area contributed by atoms with E-state index in [0.29, 0.717) is 70.2 Å². The molecule has 1 spiro atoms. The summed E-state index contributed by atoms with van der Waals surface area (Å²) in [6.07, 6.45) is 10.5. The van der Waals surface area contributed by atoms with Gasteiger partial charge in [0.25, 0.3) is 0 Å². The van der Waals surface area contributed by atoms with E-state index >= 15 is 4.79 Å². The molecule has 7 atom stereocenters. The molecule has 0 aromatic heterocycles. The topological polar surface area (TPSA) is 127 Å². The number of rotatable bonds is 8. The van der Waals surface area contributed by atoms with Crippen molar-refractivity contribution in [2.75, 3.05) is 7.11 Å². The quantitative estimate of drug-likeness (QED) is 0.111. The summed E-state index contributed by atoms with van der Waals surface area (Å²) in [7, 11) is 1.33. The molecule has 10 nitrogen and oxygen atoms in total. The summed E-state index contributed by atoms with van der Waals surface area (Å²) in [5, 5.41) is 0. The van der Waals surface area contributed by atoms with Crippen molar-refractivity contribution in [3.63, 3.8) is 0 Å². The molecule has 1 saturated heterocycles. The zero-order valence-corrected chi connectivity index (χ0v) is 35.8. The Labute approximate surface area is 350 Å². The van der Waals surface area contributed by atoms with Crippen LogP contribution >= 0.6 is 0 Å².